The van der Waals surface area contributed by atoms with E-state index in [0.29, 0.717) is 11.4 Å². The third-order valence-corrected chi connectivity index (χ3v) is 2.66. The number of hydrogen-bond donors (Lipinski definition) is 1. The molecule has 0 atom stereocenters. The van der Waals surface area contributed by atoms with Crippen LogP contribution in [0.4, 0.5) is 5.69 Å². The Kier molecular flexibility index (Phi) is 2.99. The fourth-order valence-corrected chi connectivity index (χ4v) is 1.79. The molecular formula is C12H14N2O3. The summed E-state index contributed by atoms with van der Waals surface area (Å²) in [6, 6.07) is 5.54. The van der Waals surface area contributed by atoms with Crippen molar-refractivity contribution >= 4 is 17.5 Å². The highest BCUT2D eigenvalue weighted by Crippen LogP contribution is 2.29. The first-order valence-electron chi connectivity index (χ1n) is 5.33. The van der Waals surface area contributed by atoms with Gasteiger partial charge in [-0.2, -0.15) is 0 Å². The predicted octanol–water partition coefficient (Wildman–Crippen LogP) is 0.466. The van der Waals surface area contributed by atoms with Gasteiger partial charge >= 0.3 is 0 Å². The van der Waals surface area contributed by atoms with E-state index in [1.165, 1.54) is 4.90 Å². The molecule has 90 valence electrons. The van der Waals surface area contributed by atoms with Gasteiger partial charge in [-0.15, -0.1) is 0 Å². The first-order valence-corrected chi connectivity index (χ1v) is 5.33. The van der Waals surface area contributed by atoms with E-state index in [0.717, 1.165) is 5.56 Å². The van der Waals surface area contributed by atoms with Crippen molar-refractivity contribution in [2.24, 2.45) is 0 Å². The van der Waals surface area contributed by atoms with E-state index >= 15 is 0 Å². The maximum Gasteiger partial charge on any atom is 0.246 e. The molecule has 0 aromatic heterocycles. The average molecular weight is 234 g/mol. The Bertz CT molecular complexity index is 471. The highest BCUT2D eigenvalue weighted by Gasteiger charge is 2.26. The lowest BCUT2D eigenvalue weighted by atomic mass is 10.1. The maximum atomic E-state index is 11.8. The Labute approximate surface area is 99.4 Å². The molecule has 1 saturated heterocycles. The molecule has 1 N–H and O–H groups in total. The van der Waals surface area contributed by atoms with Crippen LogP contribution in [0.1, 0.15) is 5.56 Å². The Morgan fingerprint density at radius 1 is 1.35 bits per heavy atom. The first-order chi connectivity index (χ1) is 8.11. The second-order valence-electron chi connectivity index (χ2n) is 3.93. The Hall–Kier alpha value is -2.04. The van der Waals surface area contributed by atoms with Crippen LogP contribution < -0.4 is 15.0 Å². The van der Waals surface area contributed by atoms with Crippen molar-refractivity contribution in [3.05, 3.63) is 23.8 Å². The molecule has 0 unspecified atom stereocenters. The molecule has 0 radical (unpaired) electrons. The van der Waals surface area contributed by atoms with Crippen molar-refractivity contribution in [1.29, 1.82) is 0 Å². The Morgan fingerprint density at radius 3 is 2.82 bits per heavy atom. The molecule has 1 heterocycles. The molecule has 1 aliphatic heterocycles. The van der Waals surface area contributed by atoms with Crippen molar-refractivity contribution in [3.8, 4) is 5.75 Å². The topological polar surface area (TPSA) is 58.6 Å². The van der Waals surface area contributed by atoms with Gasteiger partial charge in [0.05, 0.1) is 19.3 Å². The highest BCUT2D eigenvalue weighted by molar-refractivity contribution is 6.05. The molecule has 1 aromatic rings. The molecular weight excluding hydrogens is 220 g/mol. The monoisotopic (exact) mass is 234 g/mol. The predicted molar refractivity (Wildman–Crippen MR) is 63.1 cm³/mol. The second-order valence-corrected chi connectivity index (χ2v) is 3.93. The first kappa shape index (κ1) is 11.4. The molecule has 2 rings (SSSR count). The number of rotatable bonds is 2. The number of piperazine rings is 1. The van der Waals surface area contributed by atoms with Gasteiger partial charge in [0.1, 0.15) is 12.3 Å². The zero-order chi connectivity index (χ0) is 12.4. The normalized spacial score (nSPS) is 15.8. The highest BCUT2D eigenvalue weighted by atomic mass is 16.5. The second kappa shape index (κ2) is 4.45. The Balaban J connectivity index is 2.40. The number of hydrogen-bond acceptors (Lipinski definition) is 3. The van der Waals surface area contributed by atoms with Crippen LogP contribution in [0.3, 0.4) is 0 Å². The van der Waals surface area contributed by atoms with Gasteiger partial charge in [0.2, 0.25) is 11.8 Å². The summed E-state index contributed by atoms with van der Waals surface area (Å²) in [5.41, 5.74) is 1.66. The number of carbonyl (C=O) groups is 2. The molecule has 0 spiro atoms. The molecule has 5 nitrogen and oxygen atoms in total. The zero-order valence-electron chi connectivity index (χ0n) is 9.82. The van der Waals surface area contributed by atoms with E-state index in [1.807, 2.05) is 19.1 Å². The van der Waals surface area contributed by atoms with Crippen LogP contribution in [0.2, 0.25) is 0 Å². The van der Waals surface area contributed by atoms with Crippen LogP contribution in [0, 0.1) is 6.92 Å². The van der Waals surface area contributed by atoms with E-state index in [1.54, 1.807) is 13.2 Å². The standard InChI is InChI=1S/C12H14N2O3/c1-8-3-4-10(17-2)9(5-8)14-7-11(15)13-6-12(14)16/h3-5H,6-7H2,1-2H3,(H,13,15). The number of amides is 2. The van der Waals surface area contributed by atoms with Crippen molar-refractivity contribution in [1.82, 2.24) is 5.32 Å². The SMILES string of the molecule is COc1ccc(C)cc1N1CC(=O)NCC1=O. The summed E-state index contributed by atoms with van der Waals surface area (Å²) in [4.78, 5) is 24.6. The van der Waals surface area contributed by atoms with E-state index in [2.05, 4.69) is 5.32 Å². The van der Waals surface area contributed by atoms with Gasteiger partial charge in [-0.3, -0.25) is 14.5 Å². The van der Waals surface area contributed by atoms with Crippen LogP contribution in [0.15, 0.2) is 18.2 Å². The molecule has 5 heteroatoms. The third-order valence-electron chi connectivity index (χ3n) is 2.66. The van der Waals surface area contributed by atoms with Crippen molar-refractivity contribution < 1.29 is 14.3 Å². The van der Waals surface area contributed by atoms with Gasteiger partial charge in [0.15, 0.2) is 0 Å². The van der Waals surface area contributed by atoms with Gasteiger partial charge in [-0.1, -0.05) is 6.07 Å². The summed E-state index contributed by atoms with van der Waals surface area (Å²) in [5.74, 6) is 0.306. The summed E-state index contributed by atoms with van der Waals surface area (Å²) in [7, 11) is 1.54. The molecule has 2 amide bonds. The number of ether oxygens (including phenoxy) is 1. The van der Waals surface area contributed by atoms with Crippen LogP contribution in [0.5, 0.6) is 5.75 Å². The summed E-state index contributed by atoms with van der Waals surface area (Å²) in [6.07, 6.45) is 0. The summed E-state index contributed by atoms with van der Waals surface area (Å²) in [5, 5.41) is 2.51. The average Bonchev–Trinajstić information content (AvgIpc) is 2.32. The van der Waals surface area contributed by atoms with Gasteiger partial charge in [0, 0.05) is 0 Å². The van der Waals surface area contributed by atoms with E-state index in [9.17, 15) is 9.59 Å². The van der Waals surface area contributed by atoms with Gasteiger partial charge in [-0.25, -0.2) is 0 Å². The smallest absolute Gasteiger partial charge is 0.246 e. The van der Waals surface area contributed by atoms with Crippen molar-refractivity contribution in [3.63, 3.8) is 0 Å². The van der Waals surface area contributed by atoms with Crippen LogP contribution in [-0.4, -0.2) is 32.0 Å². The fraction of sp³-hybridized carbons (Fsp3) is 0.333. The molecule has 0 bridgehead atoms. The number of carbonyl (C=O) groups excluding carboxylic acids is 2. The van der Waals surface area contributed by atoms with E-state index < -0.39 is 0 Å². The minimum absolute atomic E-state index is 0.0376. The quantitative estimate of drug-likeness (QED) is 0.809. The minimum atomic E-state index is -0.159. The van der Waals surface area contributed by atoms with Crippen molar-refractivity contribution in [2.45, 2.75) is 6.92 Å². The van der Waals surface area contributed by atoms with Gasteiger partial charge < -0.3 is 10.1 Å². The summed E-state index contributed by atoms with van der Waals surface area (Å²) in [6.45, 7) is 2.01. The van der Waals surface area contributed by atoms with Crippen LogP contribution in [0.25, 0.3) is 0 Å². The number of anilines is 1. The van der Waals surface area contributed by atoms with Gasteiger partial charge in [-0.05, 0) is 24.6 Å². The number of nitrogens with one attached hydrogen (secondary N) is 1. The number of nitrogens with zero attached hydrogens (tertiary/aromatic N) is 1. The van der Waals surface area contributed by atoms with E-state index in [4.69, 9.17) is 4.74 Å². The largest absolute Gasteiger partial charge is 0.495 e. The van der Waals surface area contributed by atoms with E-state index in [-0.39, 0.29) is 24.9 Å². The number of methoxy groups -OCH3 is 1. The lowest BCUT2D eigenvalue weighted by Crippen LogP contribution is -2.51. The maximum absolute atomic E-state index is 11.8. The molecule has 0 saturated carbocycles. The van der Waals surface area contributed by atoms with Crippen molar-refractivity contribution in [2.75, 3.05) is 25.1 Å². The number of aryl methyl sites for hydroxylation is 1. The molecule has 17 heavy (non-hydrogen) atoms. The van der Waals surface area contributed by atoms with Crippen LogP contribution >= 0.6 is 0 Å². The summed E-state index contributed by atoms with van der Waals surface area (Å²) >= 11 is 0. The molecule has 1 aliphatic rings. The zero-order valence-corrected chi connectivity index (χ0v) is 9.82. The lowest BCUT2D eigenvalue weighted by molar-refractivity contribution is -0.128. The summed E-state index contributed by atoms with van der Waals surface area (Å²) < 4.78 is 5.21. The fourth-order valence-electron chi connectivity index (χ4n) is 1.79. The molecule has 1 fully saturated rings. The molecule has 1 aromatic carbocycles. The van der Waals surface area contributed by atoms with Gasteiger partial charge in [0.25, 0.3) is 0 Å². The van der Waals surface area contributed by atoms with Crippen LogP contribution in [-0.2, 0) is 9.59 Å². The number of benzene rings is 1. The lowest BCUT2D eigenvalue weighted by Gasteiger charge is -2.28. The third kappa shape index (κ3) is 2.22. The Morgan fingerprint density at radius 2 is 2.12 bits per heavy atom. The molecule has 0 aliphatic carbocycles. The minimum Gasteiger partial charge on any atom is -0.495 e.